The zero-order valence-corrected chi connectivity index (χ0v) is 14.1. The largest absolute Gasteiger partial charge is 0.486 e. The van der Waals surface area contributed by atoms with Gasteiger partial charge in [-0.25, -0.2) is 21.9 Å². The second-order valence-electron chi connectivity index (χ2n) is 5.28. The fourth-order valence-electron chi connectivity index (χ4n) is 2.20. The monoisotopic (exact) mass is 381 g/mol. The van der Waals surface area contributed by atoms with Crippen molar-refractivity contribution in [2.75, 3.05) is 13.2 Å². The highest BCUT2D eigenvalue weighted by atomic mass is 32.2. The van der Waals surface area contributed by atoms with Gasteiger partial charge in [-0.3, -0.25) is 4.79 Å². The average molecular weight is 381 g/mol. The molecule has 0 aromatic heterocycles. The molecule has 0 bridgehead atoms. The van der Waals surface area contributed by atoms with Gasteiger partial charge in [0.25, 0.3) is 15.9 Å². The molecule has 1 aliphatic rings. The van der Waals surface area contributed by atoms with Crippen LogP contribution in [0.15, 0.2) is 47.4 Å². The standard InChI is InChI=1S/C17H13F2NO5S/c18-13-4-3-12(10-14(13)19)26(22,23)20-17(21)6-2-11-1-5-15-16(9-11)25-8-7-24-15/h1-6,9-10H,7-8H2,(H,20,21). The number of nitrogens with one attached hydrogen (secondary N) is 1. The van der Waals surface area contributed by atoms with Crippen LogP contribution in [0.5, 0.6) is 11.5 Å². The number of rotatable bonds is 4. The lowest BCUT2D eigenvalue weighted by Gasteiger charge is -2.18. The average Bonchev–Trinajstić information content (AvgIpc) is 2.61. The van der Waals surface area contributed by atoms with Gasteiger partial charge in [0.2, 0.25) is 0 Å². The molecule has 0 radical (unpaired) electrons. The van der Waals surface area contributed by atoms with Crippen molar-refractivity contribution >= 4 is 22.0 Å². The summed E-state index contributed by atoms with van der Waals surface area (Å²) in [7, 11) is -4.32. The summed E-state index contributed by atoms with van der Waals surface area (Å²) in [5.41, 5.74) is 0.592. The van der Waals surface area contributed by atoms with Crippen LogP contribution in [0, 0.1) is 11.6 Å². The number of benzene rings is 2. The van der Waals surface area contributed by atoms with Crippen LogP contribution >= 0.6 is 0 Å². The first-order valence-corrected chi connectivity index (χ1v) is 8.93. The van der Waals surface area contributed by atoms with Crippen molar-refractivity contribution in [3.63, 3.8) is 0 Å². The molecule has 0 saturated carbocycles. The maximum absolute atomic E-state index is 13.2. The number of carbonyl (C=O) groups excluding carboxylic acids is 1. The van der Waals surface area contributed by atoms with Gasteiger partial charge in [-0.2, -0.15) is 0 Å². The van der Waals surface area contributed by atoms with E-state index in [1.54, 1.807) is 22.9 Å². The van der Waals surface area contributed by atoms with Gasteiger partial charge in [0.1, 0.15) is 13.2 Å². The van der Waals surface area contributed by atoms with Crippen LogP contribution in [0.3, 0.4) is 0 Å². The van der Waals surface area contributed by atoms with E-state index in [0.717, 1.165) is 12.1 Å². The number of amides is 1. The summed E-state index contributed by atoms with van der Waals surface area (Å²) in [5, 5.41) is 0. The van der Waals surface area contributed by atoms with E-state index in [-0.39, 0.29) is 0 Å². The molecule has 2 aromatic rings. The first kappa shape index (κ1) is 17.9. The van der Waals surface area contributed by atoms with Gasteiger partial charge in [0.15, 0.2) is 23.1 Å². The van der Waals surface area contributed by atoms with Gasteiger partial charge >= 0.3 is 0 Å². The van der Waals surface area contributed by atoms with E-state index in [0.29, 0.717) is 42.4 Å². The maximum Gasteiger partial charge on any atom is 0.264 e. The summed E-state index contributed by atoms with van der Waals surface area (Å²) in [6.07, 6.45) is 2.39. The Hall–Kier alpha value is -2.94. The molecule has 6 nitrogen and oxygen atoms in total. The lowest BCUT2D eigenvalue weighted by molar-refractivity contribution is -0.114. The van der Waals surface area contributed by atoms with Gasteiger partial charge in [0, 0.05) is 6.08 Å². The molecule has 1 aliphatic heterocycles. The molecule has 0 spiro atoms. The number of hydrogen-bond acceptors (Lipinski definition) is 5. The zero-order chi connectivity index (χ0) is 18.7. The third-order valence-corrected chi connectivity index (χ3v) is 4.77. The second-order valence-corrected chi connectivity index (χ2v) is 6.96. The number of fused-ring (bicyclic) bond motifs is 1. The van der Waals surface area contributed by atoms with Crippen molar-refractivity contribution < 1.29 is 31.5 Å². The smallest absolute Gasteiger partial charge is 0.264 e. The second kappa shape index (κ2) is 7.12. The molecule has 1 N–H and O–H groups in total. The van der Waals surface area contributed by atoms with E-state index in [9.17, 15) is 22.0 Å². The summed E-state index contributed by atoms with van der Waals surface area (Å²) < 4.78 is 62.6. The van der Waals surface area contributed by atoms with Crippen LogP contribution in [0.25, 0.3) is 6.08 Å². The zero-order valence-electron chi connectivity index (χ0n) is 13.2. The van der Waals surface area contributed by atoms with Crippen LogP contribution in [0.4, 0.5) is 8.78 Å². The molecule has 0 saturated heterocycles. The fourth-order valence-corrected chi connectivity index (χ4v) is 3.16. The molecule has 1 amide bonds. The number of halogens is 2. The van der Waals surface area contributed by atoms with Crippen molar-refractivity contribution in [2.45, 2.75) is 4.90 Å². The minimum Gasteiger partial charge on any atom is -0.486 e. The Morgan fingerprint density at radius 1 is 1.00 bits per heavy atom. The van der Waals surface area contributed by atoms with Gasteiger partial charge < -0.3 is 9.47 Å². The molecule has 0 unspecified atom stereocenters. The van der Waals surface area contributed by atoms with E-state index in [2.05, 4.69) is 0 Å². The normalized spacial score (nSPS) is 13.6. The molecule has 3 rings (SSSR count). The Bertz CT molecular complexity index is 989. The third kappa shape index (κ3) is 3.99. The SMILES string of the molecule is O=C(C=Cc1ccc2c(c1)OCCO2)NS(=O)(=O)c1ccc(F)c(F)c1. The predicted molar refractivity (Wildman–Crippen MR) is 88.2 cm³/mol. The Morgan fingerprint density at radius 3 is 2.46 bits per heavy atom. The predicted octanol–water partition coefficient (Wildman–Crippen LogP) is 2.25. The van der Waals surface area contributed by atoms with Crippen LogP contribution in [0.2, 0.25) is 0 Å². The van der Waals surface area contributed by atoms with Gasteiger partial charge in [-0.1, -0.05) is 6.07 Å². The molecule has 0 atom stereocenters. The van der Waals surface area contributed by atoms with Gasteiger partial charge in [-0.05, 0) is 42.0 Å². The van der Waals surface area contributed by atoms with E-state index in [1.165, 1.54) is 6.08 Å². The van der Waals surface area contributed by atoms with E-state index in [4.69, 9.17) is 9.47 Å². The molecule has 0 fully saturated rings. The Kier molecular flexibility index (Phi) is 4.90. The summed E-state index contributed by atoms with van der Waals surface area (Å²) >= 11 is 0. The summed E-state index contributed by atoms with van der Waals surface area (Å²) in [5.74, 6) is -2.35. The van der Waals surface area contributed by atoms with Crippen molar-refractivity contribution in [3.8, 4) is 11.5 Å². The van der Waals surface area contributed by atoms with Gasteiger partial charge in [0.05, 0.1) is 4.90 Å². The molecule has 9 heteroatoms. The minimum absolute atomic E-state index is 0.410. The minimum atomic E-state index is -4.32. The highest BCUT2D eigenvalue weighted by Crippen LogP contribution is 2.31. The molecule has 0 aliphatic carbocycles. The molecule has 1 heterocycles. The topological polar surface area (TPSA) is 81.7 Å². The van der Waals surface area contributed by atoms with Gasteiger partial charge in [-0.15, -0.1) is 0 Å². The van der Waals surface area contributed by atoms with Crippen molar-refractivity contribution in [1.29, 1.82) is 0 Å². The van der Waals surface area contributed by atoms with Crippen molar-refractivity contribution in [1.82, 2.24) is 4.72 Å². The van der Waals surface area contributed by atoms with E-state index in [1.807, 2.05) is 0 Å². The third-order valence-electron chi connectivity index (χ3n) is 3.43. The number of hydrogen-bond donors (Lipinski definition) is 1. The van der Waals surface area contributed by atoms with Crippen LogP contribution < -0.4 is 14.2 Å². The molecule has 136 valence electrons. The summed E-state index contributed by atoms with van der Waals surface area (Å²) in [6.45, 7) is 0.861. The lowest BCUT2D eigenvalue weighted by atomic mass is 10.2. The van der Waals surface area contributed by atoms with Crippen LogP contribution in [-0.4, -0.2) is 27.5 Å². The summed E-state index contributed by atoms with van der Waals surface area (Å²) in [4.78, 5) is 11.3. The van der Waals surface area contributed by atoms with Crippen LogP contribution in [0.1, 0.15) is 5.56 Å². The first-order valence-electron chi connectivity index (χ1n) is 7.45. The molecular formula is C17H13F2NO5S. The Morgan fingerprint density at radius 2 is 1.73 bits per heavy atom. The van der Waals surface area contributed by atoms with E-state index < -0.39 is 32.5 Å². The number of sulfonamides is 1. The number of ether oxygens (including phenoxy) is 2. The highest BCUT2D eigenvalue weighted by molar-refractivity contribution is 7.90. The van der Waals surface area contributed by atoms with Crippen molar-refractivity contribution in [3.05, 3.63) is 59.7 Å². The molecule has 2 aromatic carbocycles. The molecular weight excluding hydrogens is 368 g/mol. The Balaban J connectivity index is 1.71. The Labute approximate surface area is 148 Å². The lowest BCUT2D eigenvalue weighted by Crippen LogP contribution is -2.29. The first-order chi connectivity index (χ1) is 12.3. The van der Waals surface area contributed by atoms with Crippen LogP contribution in [-0.2, 0) is 14.8 Å². The quantitative estimate of drug-likeness (QED) is 0.822. The summed E-state index contributed by atoms with van der Waals surface area (Å²) in [6, 6.07) is 7.00. The fraction of sp³-hybridized carbons (Fsp3) is 0.118. The number of carbonyl (C=O) groups is 1. The molecule has 26 heavy (non-hydrogen) atoms. The highest BCUT2D eigenvalue weighted by Gasteiger charge is 2.18. The maximum atomic E-state index is 13.2. The van der Waals surface area contributed by atoms with Crippen molar-refractivity contribution in [2.24, 2.45) is 0 Å². The van der Waals surface area contributed by atoms with E-state index >= 15 is 0 Å².